The minimum atomic E-state index is -3.12. The molecule has 6 nitrogen and oxygen atoms in total. The lowest BCUT2D eigenvalue weighted by Gasteiger charge is -2.27. The zero-order valence-electron chi connectivity index (χ0n) is 11.7. The van der Waals surface area contributed by atoms with Crippen molar-refractivity contribution >= 4 is 15.9 Å². The molecule has 1 fully saturated rings. The second-order valence-electron chi connectivity index (χ2n) is 5.02. The predicted octanol–water partition coefficient (Wildman–Crippen LogP) is -0.180. The van der Waals surface area contributed by atoms with Crippen molar-refractivity contribution in [3.63, 3.8) is 0 Å². The van der Waals surface area contributed by atoms with E-state index in [1.165, 1.54) is 0 Å². The third-order valence-corrected chi connectivity index (χ3v) is 4.75. The summed E-state index contributed by atoms with van der Waals surface area (Å²) in [6.45, 7) is 5.46. The van der Waals surface area contributed by atoms with Crippen molar-refractivity contribution in [2.24, 2.45) is 5.92 Å². The largest absolute Gasteiger partial charge is 0.356 e. The molecule has 3 N–H and O–H groups in total. The Bertz CT molecular complexity index is 384. The predicted molar refractivity (Wildman–Crippen MR) is 75.3 cm³/mol. The van der Waals surface area contributed by atoms with Gasteiger partial charge in [0.1, 0.15) is 0 Å². The topological polar surface area (TPSA) is 87.3 Å². The molecule has 1 aliphatic rings. The van der Waals surface area contributed by atoms with Gasteiger partial charge in [-0.1, -0.05) is 0 Å². The smallest absolute Gasteiger partial charge is 0.223 e. The summed E-state index contributed by atoms with van der Waals surface area (Å²) in [5.41, 5.74) is 0. The summed E-state index contributed by atoms with van der Waals surface area (Å²) < 4.78 is 24.8. The van der Waals surface area contributed by atoms with E-state index in [9.17, 15) is 13.2 Å². The lowest BCUT2D eigenvalue weighted by atomic mass is 9.92. The SMILES string of the molecule is CCS(=O)(=O)NCCCNC(=O)[C@H]1CCN[C@@H](C)C1. The number of sulfonamides is 1. The number of hydrogen-bond acceptors (Lipinski definition) is 4. The normalized spacial score (nSPS) is 24.1. The van der Waals surface area contributed by atoms with Crippen molar-refractivity contribution in [1.82, 2.24) is 15.4 Å². The lowest BCUT2D eigenvalue weighted by molar-refractivity contribution is -0.126. The van der Waals surface area contributed by atoms with E-state index in [-0.39, 0.29) is 17.6 Å². The molecule has 0 aliphatic carbocycles. The van der Waals surface area contributed by atoms with Crippen LogP contribution in [0.25, 0.3) is 0 Å². The van der Waals surface area contributed by atoms with E-state index >= 15 is 0 Å². The highest BCUT2D eigenvalue weighted by Gasteiger charge is 2.24. The summed E-state index contributed by atoms with van der Waals surface area (Å²) in [5.74, 6) is 0.266. The van der Waals surface area contributed by atoms with E-state index in [0.717, 1.165) is 19.4 Å². The summed E-state index contributed by atoms with van der Waals surface area (Å²) in [6, 6.07) is 0.390. The van der Waals surface area contributed by atoms with Crippen molar-refractivity contribution in [2.45, 2.75) is 39.2 Å². The molecule has 1 amide bonds. The Morgan fingerprint density at radius 3 is 2.74 bits per heavy atom. The minimum Gasteiger partial charge on any atom is -0.356 e. The highest BCUT2D eigenvalue weighted by Crippen LogP contribution is 2.15. The van der Waals surface area contributed by atoms with Crippen molar-refractivity contribution in [1.29, 1.82) is 0 Å². The monoisotopic (exact) mass is 291 g/mol. The number of carbonyl (C=O) groups is 1. The van der Waals surface area contributed by atoms with Gasteiger partial charge in [0, 0.05) is 25.0 Å². The van der Waals surface area contributed by atoms with Gasteiger partial charge in [-0.05, 0) is 39.7 Å². The second-order valence-corrected chi connectivity index (χ2v) is 7.11. The quantitative estimate of drug-likeness (QED) is 0.568. The molecule has 1 aliphatic heterocycles. The van der Waals surface area contributed by atoms with E-state index in [1.54, 1.807) is 6.92 Å². The van der Waals surface area contributed by atoms with Crippen LogP contribution in [0.2, 0.25) is 0 Å². The van der Waals surface area contributed by atoms with Crippen LogP contribution in [0.1, 0.15) is 33.1 Å². The van der Waals surface area contributed by atoms with E-state index in [4.69, 9.17) is 0 Å². The second kappa shape index (κ2) is 7.81. The molecule has 0 unspecified atom stereocenters. The highest BCUT2D eigenvalue weighted by atomic mass is 32.2. The molecule has 1 rings (SSSR count). The Morgan fingerprint density at radius 2 is 2.11 bits per heavy atom. The van der Waals surface area contributed by atoms with Gasteiger partial charge >= 0.3 is 0 Å². The van der Waals surface area contributed by atoms with Gasteiger partial charge in [-0.2, -0.15) is 0 Å². The summed E-state index contributed by atoms with van der Waals surface area (Å²) in [7, 11) is -3.12. The van der Waals surface area contributed by atoms with E-state index < -0.39 is 10.0 Å². The zero-order chi connectivity index (χ0) is 14.3. The van der Waals surface area contributed by atoms with Gasteiger partial charge in [0.2, 0.25) is 15.9 Å². The fraction of sp³-hybridized carbons (Fsp3) is 0.917. The fourth-order valence-corrected chi connectivity index (χ4v) is 2.80. The number of rotatable bonds is 7. The van der Waals surface area contributed by atoms with Gasteiger partial charge in [0.05, 0.1) is 5.75 Å². The van der Waals surface area contributed by atoms with Gasteiger partial charge in [0.25, 0.3) is 0 Å². The molecule has 0 bridgehead atoms. The van der Waals surface area contributed by atoms with E-state index in [0.29, 0.717) is 25.6 Å². The molecular formula is C12H25N3O3S. The van der Waals surface area contributed by atoms with Crippen LogP contribution in [0.5, 0.6) is 0 Å². The molecule has 1 heterocycles. The van der Waals surface area contributed by atoms with Crippen molar-refractivity contribution in [2.75, 3.05) is 25.4 Å². The lowest BCUT2D eigenvalue weighted by Crippen LogP contribution is -2.42. The average molecular weight is 291 g/mol. The summed E-state index contributed by atoms with van der Waals surface area (Å²) in [4.78, 5) is 11.9. The van der Waals surface area contributed by atoms with Crippen LogP contribution in [0.3, 0.4) is 0 Å². The molecule has 0 aromatic rings. The third kappa shape index (κ3) is 6.35. The van der Waals surface area contributed by atoms with Gasteiger partial charge in [-0.15, -0.1) is 0 Å². The molecule has 112 valence electrons. The van der Waals surface area contributed by atoms with E-state index in [1.807, 2.05) is 0 Å². The first-order valence-corrected chi connectivity index (χ1v) is 8.58. The van der Waals surface area contributed by atoms with Gasteiger partial charge in [-0.25, -0.2) is 13.1 Å². The molecule has 1 saturated heterocycles. The Morgan fingerprint density at radius 1 is 1.37 bits per heavy atom. The molecule has 0 aromatic heterocycles. The van der Waals surface area contributed by atoms with Crippen LogP contribution >= 0.6 is 0 Å². The van der Waals surface area contributed by atoms with Crippen molar-refractivity contribution in [3.05, 3.63) is 0 Å². The van der Waals surface area contributed by atoms with Crippen molar-refractivity contribution < 1.29 is 13.2 Å². The fourth-order valence-electron chi connectivity index (χ4n) is 2.14. The summed E-state index contributed by atoms with van der Waals surface area (Å²) in [6.07, 6.45) is 2.36. The van der Waals surface area contributed by atoms with Crippen LogP contribution in [-0.4, -0.2) is 45.8 Å². The molecule has 19 heavy (non-hydrogen) atoms. The molecule has 7 heteroatoms. The maximum absolute atomic E-state index is 11.9. The van der Waals surface area contributed by atoms with Crippen molar-refractivity contribution in [3.8, 4) is 0 Å². The number of nitrogens with one attached hydrogen (secondary N) is 3. The zero-order valence-corrected chi connectivity index (χ0v) is 12.6. The Kier molecular flexibility index (Phi) is 6.74. The molecular weight excluding hydrogens is 266 g/mol. The number of amides is 1. The summed E-state index contributed by atoms with van der Waals surface area (Å²) >= 11 is 0. The summed E-state index contributed by atoms with van der Waals surface area (Å²) in [5, 5.41) is 6.19. The van der Waals surface area contributed by atoms with Gasteiger partial charge < -0.3 is 10.6 Å². The molecule has 2 atom stereocenters. The van der Waals surface area contributed by atoms with Crippen LogP contribution in [0.4, 0.5) is 0 Å². The minimum absolute atomic E-state index is 0.0867. The highest BCUT2D eigenvalue weighted by molar-refractivity contribution is 7.89. The van der Waals surface area contributed by atoms with Crippen LogP contribution < -0.4 is 15.4 Å². The Hall–Kier alpha value is -0.660. The Labute approximate surface area is 115 Å². The maximum Gasteiger partial charge on any atom is 0.223 e. The van der Waals surface area contributed by atoms with Gasteiger partial charge in [-0.3, -0.25) is 4.79 Å². The van der Waals surface area contributed by atoms with Crippen LogP contribution in [0.15, 0.2) is 0 Å². The van der Waals surface area contributed by atoms with E-state index in [2.05, 4.69) is 22.3 Å². The first-order valence-electron chi connectivity index (χ1n) is 6.93. The average Bonchev–Trinajstić information content (AvgIpc) is 2.38. The third-order valence-electron chi connectivity index (χ3n) is 3.35. The standard InChI is InChI=1S/C12H25N3O3S/c1-3-19(17,18)15-7-4-6-14-12(16)11-5-8-13-10(2)9-11/h10-11,13,15H,3-9H2,1-2H3,(H,14,16)/t10-,11-/m0/s1. The molecule has 0 saturated carbocycles. The molecule has 0 aromatic carbocycles. The molecule has 0 radical (unpaired) electrons. The first-order chi connectivity index (χ1) is 8.94. The van der Waals surface area contributed by atoms with Crippen LogP contribution in [0, 0.1) is 5.92 Å². The van der Waals surface area contributed by atoms with Crippen LogP contribution in [-0.2, 0) is 14.8 Å². The first kappa shape index (κ1) is 16.4. The Balaban J connectivity index is 2.14. The number of carbonyl (C=O) groups excluding carboxylic acids is 1. The number of piperidine rings is 1. The number of hydrogen-bond donors (Lipinski definition) is 3. The van der Waals surface area contributed by atoms with Gasteiger partial charge in [0.15, 0.2) is 0 Å². The maximum atomic E-state index is 11.9. The molecule has 0 spiro atoms.